The van der Waals surface area contributed by atoms with E-state index >= 15 is 0 Å². The number of allylic oxidation sites excluding steroid dienone is 4. The second kappa shape index (κ2) is 24.8. The summed E-state index contributed by atoms with van der Waals surface area (Å²) in [5.74, 6) is 1.30. The summed E-state index contributed by atoms with van der Waals surface area (Å²) in [4.78, 5) is 31.4. The van der Waals surface area contributed by atoms with E-state index in [1.807, 2.05) is 20.6 Å². The van der Waals surface area contributed by atoms with Gasteiger partial charge in [-0.05, 0) is 84.1 Å². The predicted molar refractivity (Wildman–Crippen MR) is 149 cm³/mol. The van der Waals surface area contributed by atoms with Crippen molar-refractivity contribution in [3.05, 3.63) is 24.3 Å². The van der Waals surface area contributed by atoms with Gasteiger partial charge in [0.2, 0.25) is 0 Å². The number of Topliss-reactive ketones (excluding diaryl/α,β-unsaturated/α-hetero) is 1. The third-order valence-electron chi connectivity index (χ3n) is 6.62. The van der Waals surface area contributed by atoms with E-state index in [9.17, 15) is 9.59 Å². The summed E-state index contributed by atoms with van der Waals surface area (Å²) in [5.41, 5.74) is 0. The van der Waals surface area contributed by atoms with Gasteiger partial charge in [-0.3, -0.25) is 14.9 Å². The second-order valence-corrected chi connectivity index (χ2v) is 8.93. The highest BCUT2D eigenvalue weighted by molar-refractivity contribution is 5.82. The summed E-state index contributed by atoms with van der Waals surface area (Å²) in [6.07, 6.45) is 19.6. The third-order valence-corrected chi connectivity index (χ3v) is 6.62. The maximum Gasteiger partial charge on any atom is 0.323 e. The lowest BCUT2D eigenvalue weighted by atomic mass is 9.86. The van der Waals surface area contributed by atoms with Crippen molar-refractivity contribution in [2.24, 2.45) is 11.8 Å². The summed E-state index contributed by atoms with van der Waals surface area (Å²) < 4.78 is 5.11. The number of aliphatic hydroxyl groups excluding tert-OH is 1. The van der Waals surface area contributed by atoms with Crippen LogP contribution in [0.4, 0.5) is 0 Å². The molecule has 2 aliphatic carbocycles. The van der Waals surface area contributed by atoms with E-state index < -0.39 is 6.04 Å². The molecule has 0 radical (unpaired) electrons. The average Bonchev–Trinajstić information content (AvgIpc) is 3.25. The van der Waals surface area contributed by atoms with E-state index in [-0.39, 0.29) is 17.8 Å². The Morgan fingerprint density at radius 1 is 1.11 bits per heavy atom. The van der Waals surface area contributed by atoms with Gasteiger partial charge in [0.05, 0.1) is 12.6 Å². The van der Waals surface area contributed by atoms with Gasteiger partial charge in [-0.15, -0.1) is 0 Å². The molecule has 0 amide bonds. The molecule has 7 nitrogen and oxygen atoms in total. The van der Waals surface area contributed by atoms with Crippen molar-refractivity contribution in [1.29, 1.82) is 0 Å². The van der Waals surface area contributed by atoms with Gasteiger partial charge in [0, 0.05) is 13.2 Å². The smallest absolute Gasteiger partial charge is 0.323 e. The molecule has 3 aliphatic rings. The number of ketones is 1. The summed E-state index contributed by atoms with van der Waals surface area (Å²) in [7, 11) is 1.00. The fraction of sp³-hybridized carbons (Fsp3) is 0.759. The van der Waals surface area contributed by atoms with Crippen LogP contribution >= 0.6 is 0 Å². The van der Waals surface area contributed by atoms with Crippen LogP contribution in [0.15, 0.2) is 24.3 Å². The standard InChI is InChI=1S/C17H27NO3.C8H15N.C2H6.CH4O.CH2O/c1-4-21-17(20)16(18-13(2)14(3)19)12-11-15-9-7-5-6-8-10-15;1-2-4-8-7(3-1)5-6-9-8;3*1-2/h5-7,9,13,15-16,18H,4,8,10-12H2,1-3H3;7-9H,1-6H2;1-2H3;2H,1H3;1H2. The second-order valence-electron chi connectivity index (χ2n) is 8.93. The zero-order valence-electron chi connectivity index (χ0n) is 23.8. The lowest BCUT2D eigenvalue weighted by Gasteiger charge is -2.24. The number of carbonyl (C=O) groups is 3. The summed E-state index contributed by atoms with van der Waals surface area (Å²) in [6.45, 7) is 12.8. The zero-order chi connectivity index (χ0) is 27.8. The third kappa shape index (κ3) is 16.0. The van der Waals surface area contributed by atoms with E-state index in [1.54, 1.807) is 13.8 Å². The number of fused-ring (bicyclic) bond motifs is 1. The number of rotatable bonds is 8. The first-order valence-corrected chi connectivity index (χ1v) is 13.7. The number of esters is 1. The van der Waals surface area contributed by atoms with Crippen molar-refractivity contribution in [1.82, 2.24) is 10.6 Å². The molecule has 1 aliphatic heterocycles. The van der Waals surface area contributed by atoms with Gasteiger partial charge in [-0.1, -0.05) is 51.0 Å². The summed E-state index contributed by atoms with van der Waals surface area (Å²) >= 11 is 0. The van der Waals surface area contributed by atoms with Gasteiger partial charge in [0.15, 0.2) is 0 Å². The highest BCUT2D eigenvalue weighted by Gasteiger charge is 2.28. The molecule has 0 aromatic heterocycles. The minimum absolute atomic E-state index is 0.0304. The Morgan fingerprint density at radius 3 is 2.39 bits per heavy atom. The fourth-order valence-electron chi connectivity index (χ4n) is 4.63. The first-order chi connectivity index (χ1) is 17.5. The van der Waals surface area contributed by atoms with Crippen molar-refractivity contribution in [2.45, 2.75) is 111 Å². The normalized spacial score (nSPS) is 23.1. The molecule has 3 N–H and O–H groups in total. The van der Waals surface area contributed by atoms with Crippen LogP contribution < -0.4 is 10.6 Å². The Labute approximate surface area is 220 Å². The average molecular weight is 511 g/mol. The molecule has 0 spiro atoms. The number of ether oxygens (including phenoxy) is 1. The SMILES string of the molecule is C1CCC2NCCC2C1.C=O.CC.CCOC(=O)C(CCC1C=CC=CCC1)NC(C)C(C)=O.CO. The molecule has 7 heteroatoms. The number of aliphatic hydroxyl groups is 1. The van der Waals surface area contributed by atoms with Crippen molar-refractivity contribution in [2.75, 3.05) is 20.3 Å². The monoisotopic (exact) mass is 510 g/mol. The Balaban J connectivity index is 0. The first kappa shape index (κ1) is 36.3. The van der Waals surface area contributed by atoms with Gasteiger partial charge in [-0.2, -0.15) is 0 Å². The highest BCUT2D eigenvalue weighted by atomic mass is 16.5. The quantitative estimate of drug-likeness (QED) is 0.404. The minimum atomic E-state index is -0.409. The Morgan fingerprint density at radius 2 is 1.78 bits per heavy atom. The molecule has 5 atom stereocenters. The molecule has 5 unspecified atom stereocenters. The molecule has 0 bridgehead atoms. The van der Waals surface area contributed by atoms with E-state index in [2.05, 4.69) is 34.9 Å². The maximum absolute atomic E-state index is 12.0. The number of hydrogen-bond donors (Lipinski definition) is 3. The van der Waals surface area contributed by atoms with Crippen LogP contribution in [0.1, 0.15) is 92.4 Å². The maximum atomic E-state index is 12.0. The molecule has 0 aromatic carbocycles. The van der Waals surface area contributed by atoms with E-state index in [4.69, 9.17) is 14.6 Å². The van der Waals surface area contributed by atoms with Crippen molar-refractivity contribution >= 4 is 18.5 Å². The van der Waals surface area contributed by atoms with Crippen LogP contribution in [0.25, 0.3) is 0 Å². The molecule has 3 rings (SSSR count). The van der Waals surface area contributed by atoms with Crippen molar-refractivity contribution < 1.29 is 24.2 Å². The van der Waals surface area contributed by atoms with Gasteiger partial charge < -0.3 is 20.0 Å². The zero-order valence-corrected chi connectivity index (χ0v) is 23.8. The molecule has 36 heavy (non-hydrogen) atoms. The van der Waals surface area contributed by atoms with Crippen LogP contribution in [0.3, 0.4) is 0 Å². The largest absolute Gasteiger partial charge is 0.465 e. The Hall–Kier alpha value is -1.83. The van der Waals surface area contributed by atoms with Crippen LogP contribution in [0, 0.1) is 11.8 Å². The van der Waals surface area contributed by atoms with Gasteiger partial charge in [0.1, 0.15) is 18.6 Å². The van der Waals surface area contributed by atoms with Crippen LogP contribution in [-0.4, -0.2) is 62.0 Å². The van der Waals surface area contributed by atoms with E-state index in [0.29, 0.717) is 18.9 Å². The molecule has 2 fully saturated rings. The molecule has 0 aromatic rings. The van der Waals surface area contributed by atoms with Crippen molar-refractivity contribution in [3.8, 4) is 0 Å². The van der Waals surface area contributed by atoms with Crippen LogP contribution in [-0.2, 0) is 19.1 Å². The molecule has 1 heterocycles. The number of carbonyl (C=O) groups excluding carboxylic acids is 3. The lowest BCUT2D eigenvalue weighted by molar-refractivity contribution is -0.146. The number of hydrogen-bond acceptors (Lipinski definition) is 7. The van der Waals surface area contributed by atoms with Crippen molar-refractivity contribution in [3.63, 3.8) is 0 Å². The van der Waals surface area contributed by atoms with Gasteiger partial charge >= 0.3 is 5.97 Å². The molecular weight excluding hydrogens is 456 g/mol. The highest BCUT2D eigenvalue weighted by Crippen LogP contribution is 2.30. The lowest BCUT2D eigenvalue weighted by Crippen LogP contribution is -2.46. The Bertz CT molecular complexity index is 596. The molecule has 1 saturated carbocycles. The molecule has 1 saturated heterocycles. The summed E-state index contributed by atoms with van der Waals surface area (Å²) in [6, 6.07) is 0.179. The van der Waals surface area contributed by atoms with E-state index in [0.717, 1.165) is 38.3 Å². The Kier molecular flexibility index (Phi) is 25.1. The predicted octanol–water partition coefficient (Wildman–Crippen LogP) is 4.78. The first-order valence-electron chi connectivity index (χ1n) is 13.7. The molecule has 210 valence electrons. The number of nitrogens with one attached hydrogen (secondary N) is 2. The summed E-state index contributed by atoms with van der Waals surface area (Å²) in [5, 5.41) is 13.7. The van der Waals surface area contributed by atoms with Gasteiger partial charge in [0.25, 0.3) is 0 Å². The van der Waals surface area contributed by atoms with Crippen LogP contribution in [0.5, 0.6) is 0 Å². The van der Waals surface area contributed by atoms with Crippen LogP contribution in [0.2, 0.25) is 0 Å². The minimum Gasteiger partial charge on any atom is -0.465 e. The van der Waals surface area contributed by atoms with Gasteiger partial charge in [-0.25, -0.2) is 0 Å². The fourth-order valence-corrected chi connectivity index (χ4v) is 4.63. The van der Waals surface area contributed by atoms with E-state index in [1.165, 1.54) is 45.6 Å². The molecular formula is C29H54N2O5. The topological polar surface area (TPSA) is 105 Å².